The second-order valence-electron chi connectivity index (χ2n) is 16.6. The van der Waals surface area contributed by atoms with Gasteiger partial charge in [-0.05, 0) is 99.6 Å². The van der Waals surface area contributed by atoms with E-state index in [0.717, 1.165) is 12.0 Å². The van der Waals surface area contributed by atoms with Crippen molar-refractivity contribution in [3.8, 4) is 11.3 Å². The number of ether oxygens (including phenoxy) is 2. The van der Waals surface area contributed by atoms with Crippen LogP contribution in [-0.4, -0.2) is 72.5 Å². The van der Waals surface area contributed by atoms with E-state index in [-0.39, 0.29) is 47.0 Å². The van der Waals surface area contributed by atoms with Gasteiger partial charge in [0, 0.05) is 24.1 Å². The van der Waals surface area contributed by atoms with E-state index < -0.39 is 47.5 Å². The normalized spacial score (nSPS) is 11.0. The lowest BCUT2D eigenvalue weighted by atomic mass is 9.80. The van der Waals surface area contributed by atoms with E-state index in [2.05, 4.69) is 36.5 Å². The Morgan fingerprint density at radius 1 is 0.636 bits per heavy atom. The molecule has 66 heavy (non-hydrogen) atoms. The Hall–Kier alpha value is -6.50. The molecule has 4 aromatic carbocycles. The number of benzene rings is 4. The van der Waals surface area contributed by atoms with Crippen molar-refractivity contribution >= 4 is 52.1 Å². The molecule has 0 aliphatic carbocycles. The minimum absolute atomic E-state index is 0.0949. The number of anilines is 2. The third kappa shape index (κ3) is 17.1. The number of carbonyl (C=O) groups excluding carboxylic acids is 2. The van der Waals surface area contributed by atoms with Crippen LogP contribution in [0.1, 0.15) is 52.7 Å². The Morgan fingerprint density at radius 3 is 1.52 bits per heavy atom. The van der Waals surface area contributed by atoms with Gasteiger partial charge in [0.05, 0.1) is 18.1 Å². The van der Waals surface area contributed by atoms with Gasteiger partial charge in [-0.3, -0.25) is 28.3 Å². The van der Waals surface area contributed by atoms with Crippen LogP contribution in [0.3, 0.4) is 0 Å². The molecule has 0 fully saturated rings. The Labute approximate surface area is 391 Å². The lowest BCUT2D eigenvalue weighted by Gasteiger charge is -2.21. The van der Waals surface area contributed by atoms with Gasteiger partial charge in [0.2, 0.25) is 0 Å². The molecule has 2 aromatic heterocycles. The Morgan fingerprint density at radius 2 is 1.06 bits per heavy atom. The zero-order valence-electron chi connectivity index (χ0n) is 37.6. The van der Waals surface area contributed by atoms with Gasteiger partial charge < -0.3 is 30.2 Å². The minimum Gasteiger partial charge on any atom is -0.459 e. The van der Waals surface area contributed by atoms with Gasteiger partial charge in [0.25, 0.3) is 11.1 Å². The van der Waals surface area contributed by atoms with Crippen LogP contribution < -0.4 is 27.2 Å². The van der Waals surface area contributed by atoms with Crippen LogP contribution >= 0.6 is 15.9 Å². The van der Waals surface area contributed by atoms with Crippen LogP contribution in [0.4, 0.5) is 20.4 Å². The number of carbonyl (C=O) groups is 2. The maximum absolute atomic E-state index is 14.4. The number of halogens is 3. The molecule has 18 heteroatoms. The highest BCUT2D eigenvalue weighted by Crippen LogP contribution is 2.22. The van der Waals surface area contributed by atoms with Crippen molar-refractivity contribution in [2.45, 2.75) is 78.7 Å². The molecule has 0 saturated heterocycles. The Kier molecular flexibility index (Phi) is 19.5. The van der Waals surface area contributed by atoms with E-state index in [1.165, 1.54) is 57.4 Å². The van der Waals surface area contributed by atoms with Crippen molar-refractivity contribution in [1.29, 1.82) is 0 Å². The Balaban J connectivity index is 0.000000242. The summed E-state index contributed by atoms with van der Waals surface area (Å²) in [7, 11) is -1.72. The monoisotopic (exact) mass is 970 g/mol. The molecule has 0 amide bonds. The molecule has 0 aliphatic heterocycles. The minimum atomic E-state index is -1.72. The lowest BCUT2D eigenvalue weighted by molar-refractivity contribution is -0.156. The molecule has 0 radical (unpaired) electrons. The molecule has 6 rings (SSSR count). The Bertz CT molecular complexity index is 2640. The SMILES string of the molecule is CC(C)(C)OC(=O)Cn1c(-c2ccccc2F)cnc(NCCc2ccccc2)c1=O.CC(C)(C)OC(=O)Cn1c(Br)cnc(NCCc2ccccc2)c1=O.OB(O)c1ccccc1F. The van der Waals surface area contributed by atoms with Gasteiger partial charge in [0.1, 0.15) is 40.5 Å². The number of nitrogens with zero attached hydrogens (tertiary/aromatic N) is 4. The average Bonchev–Trinajstić information content (AvgIpc) is 3.25. The van der Waals surface area contributed by atoms with Gasteiger partial charge in [-0.2, -0.15) is 0 Å². The van der Waals surface area contributed by atoms with Crippen LogP contribution in [0.15, 0.2) is 136 Å². The fraction of sp³-hybridized carbons (Fsp3) is 0.292. The second kappa shape index (κ2) is 24.7. The zero-order valence-corrected chi connectivity index (χ0v) is 39.2. The highest BCUT2D eigenvalue weighted by molar-refractivity contribution is 9.10. The molecule has 0 aliphatic rings. The molecular weight excluding hydrogens is 917 g/mol. The van der Waals surface area contributed by atoms with Crippen LogP contribution in [0.5, 0.6) is 0 Å². The van der Waals surface area contributed by atoms with Gasteiger partial charge in [-0.15, -0.1) is 0 Å². The fourth-order valence-electron chi connectivity index (χ4n) is 6.02. The van der Waals surface area contributed by atoms with Crippen molar-refractivity contribution in [3.63, 3.8) is 0 Å². The highest BCUT2D eigenvalue weighted by Gasteiger charge is 2.22. The van der Waals surface area contributed by atoms with E-state index in [1.54, 1.807) is 59.7 Å². The number of hydrogen-bond acceptors (Lipinski definition) is 12. The molecule has 0 saturated carbocycles. The van der Waals surface area contributed by atoms with Gasteiger partial charge in [-0.25, -0.2) is 18.7 Å². The van der Waals surface area contributed by atoms with Crippen molar-refractivity contribution in [3.05, 3.63) is 170 Å². The molecule has 348 valence electrons. The first kappa shape index (κ1) is 52.1. The summed E-state index contributed by atoms with van der Waals surface area (Å²) < 4.78 is 40.5. The van der Waals surface area contributed by atoms with Crippen molar-refractivity contribution in [1.82, 2.24) is 19.1 Å². The third-order valence-electron chi connectivity index (χ3n) is 8.91. The van der Waals surface area contributed by atoms with Gasteiger partial charge in [0.15, 0.2) is 11.6 Å². The van der Waals surface area contributed by atoms with Crippen LogP contribution in [-0.2, 0) is 45.0 Å². The molecule has 6 aromatic rings. The first-order valence-corrected chi connectivity index (χ1v) is 21.7. The molecule has 0 atom stereocenters. The quantitative estimate of drug-likeness (QED) is 0.0682. The maximum Gasteiger partial charge on any atom is 0.491 e. The largest absolute Gasteiger partial charge is 0.491 e. The lowest BCUT2D eigenvalue weighted by Crippen LogP contribution is -2.33. The smallest absolute Gasteiger partial charge is 0.459 e. The standard InChI is InChI=1S/C24H26FN3O3.C18H22BrN3O3.C6H6BFO2/c1-24(2,3)31-21(29)16-28-20(18-11-7-8-12-19(18)25)15-27-22(23(28)30)26-14-13-17-9-5-4-6-10-17;1-18(2,3)25-15(23)12-22-14(19)11-21-16(17(22)24)20-10-9-13-7-5-4-6-8-13;8-6-4-2-1-3-5(6)7(9)10/h4-12,15H,13-14,16H2,1-3H3,(H,26,27);4-8,11H,9-10,12H2,1-3H3,(H,20,21);1-4,9-10H. The van der Waals surface area contributed by atoms with Crippen LogP contribution in [0.25, 0.3) is 11.3 Å². The molecule has 0 spiro atoms. The highest BCUT2D eigenvalue weighted by atomic mass is 79.9. The number of rotatable bonds is 14. The molecule has 0 bridgehead atoms. The van der Waals surface area contributed by atoms with E-state index in [4.69, 9.17) is 19.5 Å². The summed E-state index contributed by atoms with van der Waals surface area (Å²) in [6, 6.07) is 31.4. The fourth-order valence-corrected chi connectivity index (χ4v) is 6.40. The number of hydrogen-bond donors (Lipinski definition) is 4. The second-order valence-corrected chi connectivity index (χ2v) is 17.4. The van der Waals surface area contributed by atoms with Crippen molar-refractivity contribution in [2.24, 2.45) is 0 Å². The average molecular weight is 972 g/mol. The summed E-state index contributed by atoms with van der Waals surface area (Å²) in [5.41, 5.74) is 0.400. The topological polar surface area (TPSA) is 187 Å². The van der Waals surface area contributed by atoms with Gasteiger partial charge in [-0.1, -0.05) is 91.0 Å². The van der Waals surface area contributed by atoms with E-state index in [9.17, 15) is 28.0 Å². The molecule has 14 nitrogen and oxygen atoms in total. The van der Waals surface area contributed by atoms with Crippen LogP contribution in [0, 0.1) is 11.6 Å². The zero-order chi connectivity index (χ0) is 48.4. The summed E-state index contributed by atoms with van der Waals surface area (Å²) in [4.78, 5) is 58.4. The van der Waals surface area contributed by atoms with Crippen molar-refractivity contribution in [2.75, 3.05) is 23.7 Å². The van der Waals surface area contributed by atoms with E-state index in [0.29, 0.717) is 24.1 Å². The predicted octanol–water partition coefficient (Wildman–Crippen LogP) is 6.55. The first-order valence-electron chi connectivity index (χ1n) is 20.9. The predicted molar refractivity (Wildman–Crippen MR) is 255 cm³/mol. The van der Waals surface area contributed by atoms with E-state index >= 15 is 0 Å². The van der Waals surface area contributed by atoms with Crippen LogP contribution in [0.2, 0.25) is 0 Å². The molecule has 0 unspecified atom stereocenters. The number of esters is 2. The molecular formula is C48H54BBrF2N6O8. The molecule has 4 N–H and O–H groups in total. The van der Waals surface area contributed by atoms with Crippen molar-refractivity contribution < 1.29 is 37.9 Å². The summed E-state index contributed by atoms with van der Waals surface area (Å²) in [6.45, 7) is 11.1. The summed E-state index contributed by atoms with van der Waals surface area (Å²) in [5.74, 6) is -1.86. The number of aromatic nitrogens is 4. The number of nitrogens with one attached hydrogen (secondary N) is 2. The summed E-state index contributed by atoms with van der Waals surface area (Å²) in [5, 5.41) is 23.1. The molecule has 2 heterocycles. The van der Waals surface area contributed by atoms with E-state index in [1.807, 2.05) is 60.7 Å². The van der Waals surface area contributed by atoms with Gasteiger partial charge >= 0.3 is 19.1 Å². The summed E-state index contributed by atoms with van der Waals surface area (Å²) in [6.07, 6.45) is 4.36. The third-order valence-corrected chi connectivity index (χ3v) is 9.54. The maximum atomic E-state index is 14.4. The first-order chi connectivity index (χ1) is 31.2. The summed E-state index contributed by atoms with van der Waals surface area (Å²) >= 11 is 3.26.